The van der Waals surface area contributed by atoms with Crippen molar-refractivity contribution in [2.45, 2.75) is 63.3 Å². The molecule has 0 fully saturated rings. The molecule has 1 amide bonds. The van der Waals surface area contributed by atoms with Gasteiger partial charge in [0.1, 0.15) is 4.90 Å². The van der Waals surface area contributed by atoms with Gasteiger partial charge in [-0.1, -0.05) is 39.0 Å². The molecule has 136 valence electrons. The first kappa shape index (κ1) is 20.6. The van der Waals surface area contributed by atoms with E-state index in [-0.39, 0.29) is 11.3 Å². The Balaban J connectivity index is 2.46. The number of unbranched alkanes of at least 4 members (excludes halogenated alkanes) is 5. The van der Waals surface area contributed by atoms with Crippen LogP contribution in [0.2, 0.25) is 0 Å². The third-order valence-electron chi connectivity index (χ3n) is 3.59. The van der Waals surface area contributed by atoms with E-state index in [9.17, 15) is 13.2 Å². The van der Waals surface area contributed by atoms with Crippen molar-refractivity contribution < 1.29 is 13.2 Å². The van der Waals surface area contributed by atoms with Crippen molar-refractivity contribution in [3.63, 3.8) is 0 Å². The highest BCUT2D eigenvalue weighted by atomic mass is 32.2. The highest BCUT2D eigenvalue weighted by Gasteiger charge is 2.17. The predicted molar refractivity (Wildman–Crippen MR) is 94.9 cm³/mol. The maximum absolute atomic E-state index is 12.2. The molecule has 1 heterocycles. The molecule has 0 bridgehead atoms. The summed E-state index contributed by atoms with van der Waals surface area (Å²) in [6, 6.07) is 3.14. The molecule has 0 radical (unpaired) electrons. The van der Waals surface area contributed by atoms with Gasteiger partial charge in [0.15, 0.2) is 0 Å². The smallest absolute Gasteiger partial charge is 0.265 e. The average molecular weight is 356 g/mol. The van der Waals surface area contributed by atoms with Crippen molar-refractivity contribution in [2.75, 3.05) is 14.1 Å². The topological polar surface area (TPSA) is 79.4 Å². The second-order valence-electron chi connectivity index (χ2n) is 6.27. The van der Waals surface area contributed by atoms with Crippen molar-refractivity contribution >= 4 is 15.9 Å². The number of amides is 1. The van der Waals surface area contributed by atoms with E-state index in [1.165, 1.54) is 31.5 Å². The number of hydrogen-bond donors (Lipinski definition) is 1. The van der Waals surface area contributed by atoms with Crippen LogP contribution < -0.4 is 4.72 Å². The molecule has 0 aromatic carbocycles. The van der Waals surface area contributed by atoms with Crippen LogP contribution in [0.4, 0.5) is 0 Å². The summed E-state index contributed by atoms with van der Waals surface area (Å²) in [5.74, 6) is -0.456. The minimum Gasteiger partial charge on any atom is -0.304 e. The Morgan fingerprint density at radius 1 is 1.12 bits per heavy atom. The summed E-state index contributed by atoms with van der Waals surface area (Å²) < 4.78 is 26.5. The molecular formula is C17H29N3O3S. The zero-order valence-corrected chi connectivity index (χ0v) is 15.7. The summed E-state index contributed by atoms with van der Waals surface area (Å²) in [4.78, 5) is 17.9. The second-order valence-corrected chi connectivity index (χ2v) is 7.95. The maximum Gasteiger partial charge on any atom is 0.265 e. The number of carbonyl (C=O) groups is 1. The van der Waals surface area contributed by atoms with Gasteiger partial charge in [-0.3, -0.25) is 9.78 Å². The Labute approximate surface area is 145 Å². The van der Waals surface area contributed by atoms with E-state index in [4.69, 9.17) is 0 Å². The Hall–Kier alpha value is -1.47. The fourth-order valence-corrected chi connectivity index (χ4v) is 3.27. The first-order chi connectivity index (χ1) is 11.3. The predicted octanol–water partition coefficient (Wildman–Crippen LogP) is 2.70. The van der Waals surface area contributed by atoms with E-state index in [1.807, 2.05) is 19.0 Å². The zero-order valence-electron chi connectivity index (χ0n) is 14.9. The lowest BCUT2D eigenvalue weighted by molar-refractivity contribution is -0.119. The summed E-state index contributed by atoms with van der Waals surface area (Å²) in [6.07, 6.45) is 7.83. The van der Waals surface area contributed by atoms with Crippen LogP contribution in [0.3, 0.4) is 0 Å². The van der Waals surface area contributed by atoms with Crippen LogP contribution in [0.25, 0.3) is 0 Å². The summed E-state index contributed by atoms with van der Waals surface area (Å²) in [7, 11) is -0.00866. The monoisotopic (exact) mass is 355 g/mol. The first-order valence-corrected chi connectivity index (χ1v) is 9.98. The fourth-order valence-electron chi connectivity index (χ4n) is 2.31. The molecule has 0 saturated heterocycles. The Bertz CT molecular complexity index is 598. The summed E-state index contributed by atoms with van der Waals surface area (Å²) in [5.41, 5.74) is 0.775. The molecule has 7 heteroatoms. The first-order valence-electron chi connectivity index (χ1n) is 8.50. The van der Waals surface area contributed by atoms with Crippen molar-refractivity contribution in [1.82, 2.24) is 14.6 Å². The number of hydrogen-bond acceptors (Lipinski definition) is 5. The standard InChI is InChI=1S/C17H29N3O3S/c1-4-5-6-7-8-9-10-17(21)19-24(22,23)16-12-11-15(18-13-16)14-20(2)3/h11-13H,4-10,14H2,1-3H3,(H,19,21). The van der Waals surface area contributed by atoms with Gasteiger partial charge in [-0.15, -0.1) is 0 Å². The van der Waals surface area contributed by atoms with E-state index in [0.29, 0.717) is 13.0 Å². The van der Waals surface area contributed by atoms with Gasteiger partial charge in [-0.05, 0) is 32.6 Å². The Kier molecular flexibility index (Phi) is 8.92. The number of nitrogens with zero attached hydrogens (tertiary/aromatic N) is 2. The highest BCUT2D eigenvalue weighted by Crippen LogP contribution is 2.10. The van der Waals surface area contributed by atoms with Crippen LogP contribution in [0.5, 0.6) is 0 Å². The minimum absolute atomic E-state index is 0.0151. The van der Waals surface area contributed by atoms with Crippen LogP contribution in [0, 0.1) is 0 Å². The molecule has 6 nitrogen and oxygen atoms in total. The third-order valence-corrected chi connectivity index (χ3v) is 4.95. The molecule has 24 heavy (non-hydrogen) atoms. The second kappa shape index (κ2) is 10.4. The lowest BCUT2D eigenvalue weighted by atomic mass is 10.1. The molecule has 1 aromatic rings. The minimum atomic E-state index is -3.83. The summed E-state index contributed by atoms with van der Waals surface area (Å²) in [6.45, 7) is 2.78. The van der Waals surface area contributed by atoms with Crippen LogP contribution in [0.15, 0.2) is 23.2 Å². The van der Waals surface area contributed by atoms with Crippen molar-refractivity contribution in [2.24, 2.45) is 0 Å². The quantitative estimate of drug-likeness (QED) is 0.617. The van der Waals surface area contributed by atoms with Gasteiger partial charge in [0.2, 0.25) is 5.91 Å². The number of pyridine rings is 1. The molecule has 0 unspecified atom stereocenters. The molecular weight excluding hydrogens is 326 g/mol. The van der Waals surface area contributed by atoms with Gasteiger partial charge in [-0.2, -0.15) is 0 Å². The van der Waals surface area contributed by atoms with Crippen molar-refractivity contribution in [3.8, 4) is 0 Å². The van der Waals surface area contributed by atoms with Gasteiger partial charge >= 0.3 is 0 Å². The van der Waals surface area contributed by atoms with Crippen molar-refractivity contribution in [1.29, 1.82) is 0 Å². The molecule has 0 aliphatic rings. The Morgan fingerprint density at radius 3 is 2.38 bits per heavy atom. The van der Waals surface area contributed by atoms with Crippen LogP contribution in [-0.4, -0.2) is 38.3 Å². The molecule has 0 spiro atoms. The van der Waals surface area contributed by atoms with E-state index in [2.05, 4.69) is 16.6 Å². The van der Waals surface area contributed by atoms with Gasteiger partial charge < -0.3 is 4.90 Å². The number of nitrogens with one attached hydrogen (secondary N) is 1. The highest BCUT2D eigenvalue weighted by molar-refractivity contribution is 7.90. The summed E-state index contributed by atoms with van der Waals surface area (Å²) >= 11 is 0. The average Bonchev–Trinajstić information content (AvgIpc) is 2.50. The number of aromatic nitrogens is 1. The SMILES string of the molecule is CCCCCCCCC(=O)NS(=O)(=O)c1ccc(CN(C)C)nc1. The van der Waals surface area contributed by atoms with Gasteiger partial charge in [0, 0.05) is 19.2 Å². The fraction of sp³-hybridized carbons (Fsp3) is 0.647. The van der Waals surface area contributed by atoms with Gasteiger partial charge in [0.25, 0.3) is 10.0 Å². The van der Waals surface area contributed by atoms with E-state index in [0.717, 1.165) is 18.5 Å². The third kappa shape index (κ3) is 7.88. The van der Waals surface area contributed by atoms with E-state index in [1.54, 1.807) is 6.07 Å². The van der Waals surface area contributed by atoms with Crippen molar-refractivity contribution in [3.05, 3.63) is 24.0 Å². The van der Waals surface area contributed by atoms with Crippen LogP contribution in [0.1, 0.15) is 57.6 Å². The Morgan fingerprint density at radius 2 is 1.79 bits per heavy atom. The normalized spacial score (nSPS) is 11.7. The molecule has 1 N–H and O–H groups in total. The summed E-state index contributed by atoms with van der Waals surface area (Å²) in [5, 5.41) is 0. The number of rotatable bonds is 11. The maximum atomic E-state index is 12.2. The van der Waals surface area contributed by atoms with E-state index < -0.39 is 15.9 Å². The molecule has 0 atom stereocenters. The number of carbonyl (C=O) groups excluding carboxylic acids is 1. The van der Waals surface area contributed by atoms with Crippen LogP contribution in [-0.2, 0) is 21.4 Å². The number of sulfonamides is 1. The van der Waals surface area contributed by atoms with E-state index >= 15 is 0 Å². The molecule has 0 aliphatic carbocycles. The van der Waals surface area contributed by atoms with Gasteiger partial charge in [0.05, 0.1) is 5.69 Å². The molecule has 0 aliphatic heterocycles. The lowest BCUT2D eigenvalue weighted by Gasteiger charge is -2.10. The molecule has 0 saturated carbocycles. The van der Waals surface area contributed by atoms with Gasteiger partial charge in [-0.25, -0.2) is 13.1 Å². The largest absolute Gasteiger partial charge is 0.304 e. The zero-order chi connectivity index (χ0) is 18.0. The lowest BCUT2D eigenvalue weighted by Crippen LogP contribution is -2.30. The molecule has 1 aromatic heterocycles. The van der Waals surface area contributed by atoms with Crippen LogP contribution >= 0.6 is 0 Å². The molecule has 1 rings (SSSR count).